The van der Waals surface area contributed by atoms with Gasteiger partial charge in [-0.05, 0) is 12.1 Å². The van der Waals surface area contributed by atoms with Gasteiger partial charge in [-0.3, -0.25) is 5.10 Å². The molecule has 0 bridgehead atoms. The highest BCUT2D eigenvalue weighted by Gasteiger charge is 2.04. The largest absolute Gasteiger partial charge is 0.352 e. The Hall–Kier alpha value is -2.51. The standard InChI is InChI=1S/C10H10FN7/c11-7-1-2-9-15-10(17-18(9)5-7)12-4-3-8-13-6-14-16-8/h1-2,5-6H,3-4H2,(H,12,17)(H,13,14,16). The average molecular weight is 247 g/mol. The van der Waals surface area contributed by atoms with Crippen LogP contribution in [0.2, 0.25) is 0 Å². The fraction of sp³-hybridized carbons (Fsp3) is 0.200. The highest BCUT2D eigenvalue weighted by molar-refractivity contribution is 5.42. The maximum absolute atomic E-state index is 13.0. The summed E-state index contributed by atoms with van der Waals surface area (Å²) in [6.07, 6.45) is 3.43. The van der Waals surface area contributed by atoms with Gasteiger partial charge in [-0.15, -0.1) is 5.10 Å². The number of rotatable bonds is 4. The monoisotopic (exact) mass is 247 g/mol. The molecule has 3 aromatic heterocycles. The van der Waals surface area contributed by atoms with E-state index in [2.05, 4.69) is 30.6 Å². The Morgan fingerprint density at radius 3 is 3.17 bits per heavy atom. The summed E-state index contributed by atoms with van der Waals surface area (Å²) in [5.74, 6) is 0.901. The molecule has 3 heterocycles. The third-order valence-electron chi connectivity index (χ3n) is 2.40. The number of anilines is 1. The Morgan fingerprint density at radius 1 is 1.39 bits per heavy atom. The minimum absolute atomic E-state index is 0.347. The van der Waals surface area contributed by atoms with Gasteiger partial charge in [0.05, 0.1) is 6.20 Å². The summed E-state index contributed by atoms with van der Waals surface area (Å²) in [6.45, 7) is 0.620. The van der Waals surface area contributed by atoms with Crippen molar-refractivity contribution < 1.29 is 4.39 Å². The first-order valence-corrected chi connectivity index (χ1v) is 5.41. The Balaban J connectivity index is 1.67. The van der Waals surface area contributed by atoms with Crippen molar-refractivity contribution in [3.05, 3.63) is 36.3 Å². The van der Waals surface area contributed by atoms with Gasteiger partial charge < -0.3 is 5.32 Å². The van der Waals surface area contributed by atoms with Gasteiger partial charge in [-0.2, -0.15) is 10.1 Å². The van der Waals surface area contributed by atoms with E-state index in [1.807, 2.05) is 0 Å². The third-order valence-corrected chi connectivity index (χ3v) is 2.40. The Kier molecular flexibility index (Phi) is 2.60. The zero-order chi connectivity index (χ0) is 12.4. The smallest absolute Gasteiger partial charge is 0.243 e. The lowest BCUT2D eigenvalue weighted by molar-refractivity contribution is 0.615. The Labute approximate surface area is 101 Å². The van der Waals surface area contributed by atoms with E-state index in [0.717, 1.165) is 5.82 Å². The highest BCUT2D eigenvalue weighted by atomic mass is 19.1. The van der Waals surface area contributed by atoms with Crippen LogP contribution in [0.5, 0.6) is 0 Å². The van der Waals surface area contributed by atoms with E-state index in [1.165, 1.54) is 23.1 Å². The van der Waals surface area contributed by atoms with Crippen molar-refractivity contribution in [1.82, 2.24) is 29.8 Å². The molecule has 7 nitrogen and oxygen atoms in total. The van der Waals surface area contributed by atoms with Crippen LogP contribution in [0.1, 0.15) is 5.82 Å². The van der Waals surface area contributed by atoms with Gasteiger partial charge in [-0.25, -0.2) is 13.9 Å². The van der Waals surface area contributed by atoms with Crippen molar-refractivity contribution in [3.63, 3.8) is 0 Å². The molecular weight excluding hydrogens is 237 g/mol. The second-order valence-electron chi connectivity index (χ2n) is 3.69. The topological polar surface area (TPSA) is 83.8 Å². The molecule has 0 aromatic carbocycles. The van der Waals surface area contributed by atoms with Crippen molar-refractivity contribution in [3.8, 4) is 0 Å². The van der Waals surface area contributed by atoms with E-state index in [4.69, 9.17) is 0 Å². The van der Waals surface area contributed by atoms with Crippen LogP contribution in [0.15, 0.2) is 24.7 Å². The van der Waals surface area contributed by atoms with Crippen LogP contribution in [-0.2, 0) is 6.42 Å². The maximum Gasteiger partial charge on any atom is 0.243 e. The van der Waals surface area contributed by atoms with Crippen molar-refractivity contribution >= 4 is 11.6 Å². The molecule has 0 fully saturated rings. The van der Waals surface area contributed by atoms with Crippen LogP contribution in [-0.4, -0.2) is 36.3 Å². The number of hydrogen-bond acceptors (Lipinski definition) is 5. The molecule has 0 aliphatic rings. The first-order valence-electron chi connectivity index (χ1n) is 5.41. The molecule has 0 amide bonds. The van der Waals surface area contributed by atoms with Gasteiger partial charge in [-0.1, -0.05) is 0 Å². The minimum Gasteiger partial charge on any atom is -0.352 e. The normalized spacial score (nSPS) is 10.9. The summed E-state index contributed by atoms with van der Waals surface area (Å²) in [7, 11) is 0. The van der Waals surface area contributed by atoms with Crippen molar-refractivity contribution in [2.45, 2.75) is 6.42 Å². The molecular formula is C10H10FN7. The van der Waals surface area contributed by atoms with E-state index in [-0.39, 0.29) is 5.82 Å². The molecule has 92 valence electrons. The summed E-state index contributed by atoms with van der Waals surface area (Å²) in [5.41, 5.74) is 0.596. The van der Waals surface area contributed by atoms with E-state index in [0.29, 0.717) is 24.6 Å². The first-order chi connectivity index (χ1) is 8.81. The number of H-pyrrole nitrogens is 1. The summed E-state index contributed by atoms with van der Waals surface area (Å²) in [5, 5.41) is 13.7. The lowest BCUT2D eigenvalue weighted by atomic mass is 10.4. The third kappa shape index (κ3) is 2.12. The van der Waals surface area contributed by atoms with Crippen LogP contribution in [0.4, 0.5) is 10.3 Å². The molecule has 3 rings (SSSR count). The van der Waals surface area contributed by atoms with Gasteiger partial charge >= 0.3 is 0 Å². The van der Waals surface area contributed by atoms with E-state index in [1.54, 1.807) is 6.07 Å². The summed E-state index contributed by atoms with van der Waals surface area (Å²) >= 11 is 0. The van der Waals surface area contributed by atoms with Gasteiger partial charge in [0.25, 0.3) is 0 Å². The van der Waals surface area contributed by atoms with Crippen LogP contribution >= 0.6 is 0 Å². The molecule has 18 heavy (non-hydrogen) atoms. The zero-order valence-corrected chi connectivity index (χ0v) is 9.34. The predicted octanol–water partition coefficient (Wildman–Crippen LogP) is 0.641. The molecule has 0 aliphatic heterocycles. The maximum atomic E-state index is 13.0. The molecule has 3 aromatic rings. The molecule has 0 unspecified atom stereocenters. The molecule has 0 atom stereocenters. The molecule has 0 aliphatic carbocycles. The van der Waals surface area contributed by atoms with E-state index >= 15 is 0 Å². The van der Waals surface area contributed by atoms with Crippen molar-refractivity contribution in [2.24, 2.45) is 0 Å². The van der Waals surface area contributed by atoms with Crippen LogP contribution in [0.3, 0.4) is 0 Å². The van der Waals surface area contributed by atoms with Gasteiger partial charge in [0.2, 0.25) is 5.95 Å². The Morgan fingerprint density at radius 2 is 2.33 bits per heavy atom. The van der Waals surface area contributed by atoms with Crippen LogP contribution in [0, 0.1) is 5.82 Å². The molecule has 2 N–H and O–H groups in total. The second-order valence-corrected chi connectivity index (χ2v) is 3.69. The predicted molar refractivity (Wildman–Crippen MR) is 61.5 cm³/mol. The molecule has 0 saturated heterocycles. The van der Waals surface area contributed by atoms with Crippen molar-refractivity contribution in [1.29, 1.82) is 0 Å². The molecule has 0 saturated carbocycles. The van der Waals surface area contributed by atoms with Crippen LogP contribution in [0.25, 0.3) is 5.65 Å². The summed E-state index contributed by atoms with van der Waals surface area (Å²) in [6, 6.07) is 2.92. The molecule has 0 radical (unpaired) electrons. The number of aromatic amines is 1. The van der Waals surface area contributed by atoms with Crippen LogP contribution < -0.4 is 5.32 Å². The Bertz CT molecular complexity index is 645. The lowest BCUT2D eigenvalue weighted by Gasteiger charge is -1.97. The summed E-state index contributed by atoms with van der Waals surface area (Å²) in [4.78, 5) is 8.20. The SMILES string of the molecule is Fc1ccc2nc(NCCc3ncn[nH]3)nn2c1. The van der Waals surface area contributed by atoms with E-state index in [9.17, 15) is 4.39 Å². The number of nitrogens with one attached hydrogen (secondary N) is 2. The average Bonchev–Trinajstić information content (AvgIpc) is 2.97. The zero-order valence-electron chi connectivity index (χ0n) is 9.34. The van der Waals surface area contributed by atoms with Gasteiger partial charge in [0, 0.05) is 13.0 Å². The number of pyridine rings is 1. The summed E-state index contributed by atoms with van der Waals surface area (Å²) < 4.78 is 14.4. The second kappa shape index (κ2) is 4.40. The molecule has 0 spiro atoms. The number of aromatic nitrogens is 6. The quantitative estimate of drug-likeness (QED) is 0.706. The number of halogens is 1. The van der Waals surface area contributed by atoms with Crippen molar-refractivity contribution in [2.75, 3.05) is 11.9 Å². The lowest BCUT2D eigenvalue weighted by Crippen LogP contribution is -2.07. The fourth-order valence-electron chi connectivity index (χ4n) is 1.58. The first kappa shape index (κ1) is 10.6. The number of nitrogens with zero attached hydrogens (tertiary/aromatic N) is 5. The fourth-order valence-corrected chi connectivity index (χ4v) is 1.58. The van der Waals surface area contributed by atoms with E-state index < -0.39 is 0 Å². The minimum atomic E-state index is -0.347. The highest BCUT2D eigenvalue weighted by Crippen LogP contribution is 2.06. The number of fused-ring (bicyclic) bond motifs is 1. The van der Waals surface area contributed by atoms with Gasteiger partial charge in [0.1, 0.15) is 18.0 Å². The van der Waals surface area contributed by atoms with Gasteiger partial charge in [0.15, 0.2) is 5.65 Å². The molecule has 8 heteroatoms. The number of hydrogen-bond donors (Lipinski definition) is 2.